The average Bonchev–Trinajstić information content (AvgIpc) is 2.37. The molecule has 0 aliphatic carbocycles. The van der Waals surface area contributed by atoms with Crippen molar-refractivity contribution < 1.29 is 13.8 Å². The molecule has 0 aromatic heterocycles. The van der Waals surface area contributed by atoms with Gasteiger partial charge in [0.05, 0.1) is 17.8 Å². The third kappa shape index (κ3) is 3.62. The highest BCUT2D eigenvalue weighted by Gasteiger charge is 2.36. The van der Waals surface area contributed by atoms with Crippen LogP contribution in [0.25, 0.3) is 0 Å². The van der Waals surface area contributed by atoms with Crippen LogP contribution in [0.1, 0.15) is 13.8 Å². The predicted molar refractivity (Wildman–Crippen MR) is 78.4 cm³/mol. The van der Waals surface area contributed by atoms with Crippen LogP contribution in [0, 0.1) is 0 Å². The molecule has 0 saturated heterocycles. The predicted octanol–water partition coefficient (Wildman–Crippen LogP) is 4.28. The van der Waals surface area contributed by atoms with Crippen LogP contribution in [0.15, 0.2) is 40.9 Å². The Morgan fingerprint density at radius 3 is 2.68 bits per heavy atom. The molecule has 0 fully saturated rings. The normalized spacial score (nSPS) is 27.4. The van der Waals surface area contributed by atoms with Gasteiger partial charge in [-0.1, -0.05) is 29.8 Å². The molecule has 0 amide bonds. The molecule has 104 valence electrons. The van der Waals surface area contributed by atoms with Gasteiger partial charge in [-0.2, -0.15) is 0 Å². The largest absolute Gasteiger partial charge is 0.484 e. The Balaban J connectivity index is 2.19. The zero-order chi connectivity index (χ0) is 13.9. The molecule has 0 radical (unpaired) electrons. The third-order valence-electron chi connectivity index (χ3n) is 3.00. The molecule has 19 heavy (non-hydrogen) atoms. The van der Waals surface area contributed by atoms with E-state index in [1.165, 1.54) is 0 Å². The van der Waals surface area contributed by atoms with E-state index in [0.717, 1.165) is 11.3 Å². The molecule has 1 aliphatic rings. The Morgan fingerprint density at radius 2 is 2.05 bits per heavy atom. The first kappa shape index (κ1) is 14.6. The number of allylic oxidation sites excluding steroid dienone is 1. The van der Waals surface area contributed by atoms with Gasteiger partial charge >= 0.3 is 0 Å². The van der Waals surface area contributed by atoms with Crippen LogP contribution in [-0.2, 0) is 9.09 Å². The Labute approximate surface area is 119 Å². The molecule has 2 atom stereocenters. The molecule has 0 spiro atoms. The standard InChI is InChI=1S/C14H18ClO3P/c1-3-17-19(16)9-11(2)14(15)13(10-19)18-12-7-5-4-6-8-12/h4-8,13H,3,9-10H2,1-2H3. The molecule has 5 heteroatoms. The summed E-state index contributed by atoms with van der Waals surface area (Å²) < 4.78 is 23.9. The molecular formula is C14H18ClO3P. The molecule has 1 heterocycles. The number of hydrogen-bond acceptors (Lipinski definition) is 3. The van der Waals surface area contributed by atoms with E-state index in [1.54, 1.807) is 0 Å². The van der Waals surface area contributed by atoms with Crippen molar-refractivity contribution in [2.24, 2.45) is 0 Å². The van der Waals surface area contributed by atoms with Gasteiger partial charge in [-0.25, -0.2) is 0 Å². The summed E-state index contributed by atoms with van der Waals surface area (Å²) in [5.74, 6) is 0.725. The molecule has 1 aliphatic heterocycles. The van der Waals surface area contributed by atoms with Gasteiger partial charge in [0.15, 0.2) is 0 Å². The zero-order valence-corrected chi connectivity index (χ0v) is 12.8. The van der Waals surface area contributed by atoms with Crippen molar-refractivity contribution in [1.82, 2.24) is 0 Å². The summed E-state index contributed by atoms with van der Waals surface area (Å²) in [6.07, 6.45) is 0.385. The minimum absolute atomic E-state index is 0.339. The van der Waals surface area contributed by atoms with Gasteiger partial charge in [0.25, 0.3) is 0 Å². The number of benzene rings is 1. The minimum Gasteiger partial charge on any atom is -0.484 e. The SMILES string of the molecule is CCOP1(=O)CC(C)=C(Cl)C(Oc2ccccc2)C1. The van der Waals surface area contributed by atoms with Gasteiger partial charge in [0.2, 0.25) is 7.37 Å². The van der Waals surface area contributed by atoms with Crippen LogP contribution >= 0.6 is 19.0 Å². The summed E-state index contributed by atoms with van der Waals surface area (Å²) in [6, 6.07) is 9.43. The second-order valence-corrected chi connectivity index (χ2v) is 7.60. The van der Waals surface area contributed by atoms with Gasteiger partial charge in [-0.15, -0.1) is 0 Å². The van der Waals surface area contributed by atoms with E-state index in [9.17, 15) is 4.57 Å². The van der Waals surface area contributed by atoms with Gasteiger partial charge in [0, 0.05) is 6.16 Å². The molecular weight excluding hydrogens is 283 g/mol. The highest BCUT2D eigenvalue weighted by atomic mass is 35.5. The lowest BCUT2D eigenvalue weighted by Gasteiger charge is -2.30. The summed E-state index contributed by atoms with van der Waals surface area (Å²) >= 11 is 6.29. The fourth-order valence-corrected chi connectivity index (χ4v) is 5.04. The molecule has 2 unspecified atom stereocenters. The summed E-state index contributed by atoms with van der Waals surface area (Å²) in [4.78, 5) is 0. The first-order valence-electron chi connectivity index (χ1n) is 6.33. The molecule has 1 aromatic rings. The fraction of sp³-hybridized carbons (Fsp3) is 0.429. The highest BCUT2D eigenvalue weighted by molar-refractivity contribution is 7.59. The maximum Gasteiger partial charge on any atom is 0.211 e. The van der Waals surface area contributed by atoms with Crippen molar-refractivity contribution in [3.8, 4) is 5.75 Å². The van der Waals surface area contributed by atoms with E-state index >= 15 is 0 Å². The van der Waals surface area contributed by atoms with Crippen molar-refractivity contribution in [2.45, 2.75) is 20.0 Å². The second kappa shape index (κ2) is 6.13. The first-order valence-corrected chi connectivity index (χ1v) is 8.71. The zero-order valence-electron chi connectivity index (χ0n) is 11.1. The minimum atomic E-state index is -2.67. The molecule has 0 saturated carbocycles. The maximum absolute atomic E-state index is 12.6. The number of ether oxygens (including phenoxy) is 1. The van der Waals surface area contributed by atoms with Crippen LogP contribution in [-0.4, -0.2) is 25.0 Å². The Bertz CT molecular complexity index is 513. The summed E-state index contributed by atoms with van der Waals surface area (Å²) in [6.45, 7) is 4.18. The van der Waals surface area contributed by atoms with E-state index in [2.05, 4.69) is 0 Å². The van der Waals surface area contributed by atoms with E-state index in [4.69, 9.17) is 20.9 Å². The van der Waals surface area contributed by atoms with Crippen LogP contribution < -0.4 is 4.74 Å². The summed E-state index contributed by atoms with van der Waals surface area (Å²) in [5, 5.41) is 0.648. The molecule has 2 rings (SSSR count). The fourth-order valence-electron chi connectivity index (χ4n) is 2.20. The van der Waals surface area contributed by atoms with Crippen LogP contribution in [0.3, 0.4) is 0 Å². The van der Waals surface area contributed by atoms with E-state index in [0.29, 0.717) is 24.0 Å². The topological polar surface area (TPSA) is 35.5 Å². The average molecular weight is 301 g/mol. The lowest BCUT2D eigenvalue weighted by atomic mass is 10.2. The summed E-state index contributed by atoms with van der Waals surface area (Å²) in [7, 11) is -2.67. The molecule has 0 N–H and O–H groups in total. The Kier molecular flexibility index (Phi) is 4.72. The smallest absolute Gasteiger partial charge is 0.211 e. The molecule has 0 bridgehead atoms. The van der Waals surface area contributed by atoms with Gasteiger partial charge in [0.1, 0.15) is 11.9 Å². The number of para-hydroxylation sites is 1. The lowest BCUT2D eigenvalue weighted by molar-refractivity contribution is 0.250. The first-order chi connectivity index (χ1) is 9.04. The number of hydrogen-bond donors (Lipinski definition) is 0. The second-order valence-electron chi connectivity index (χ2n) is 4.62. The monoisotopic (exact) mass is 300 g/mol. The van der Waals surface area contributed by atoms with Crippen molar-refractivity contribution in [1.29, 1.82) is 0 Å². The maximum atomic E-state index is 12.6. The van der Waals surface area contributed by atoms with E-state index in [1.807, 2.05) is 44.2 Å². The van der Waals surface area contributed by atoms with Crippen LogP contribution in [0.2, 0.25) is 0 Å². The Hall–Kier alpha value is -0.760. The highest BCUT2D eigenvalue weighted by Crippen LogP contribution is 2.53. The van der Waals surface area contributed by atoms with E-state index < -0.39 is 7.37 Å². The molecule has 3 nitrogen and oxygen atoms in total. The van der Waals surface area contributed by atoms with Gasteiger partial charge < -0.3 is 9.26 Å². The van der Waals surface area contributed by atoms with Gasteiger partial charge in [-0.3, -0.25) is 4.57 Å². The molecule has 1 aromatic carbocycles. The van der Waals surface area contributed by atoms with Crippen molar-refractivity contribution in [3.63, 3.8) is 0 Å². The van der Waals surface area contributed by atoms with Crippen LogP contribution in [0.4, 0.5) is 0 Å². The van der Waals surface area contributed by atoms with Crippen molar-refractivity contribution in [2.75, 3.05) is 18.9 Å². The third-order valence-corrected chi connectivity index (χ3v) is 6.14. The van der Waals surface area contributed by atoms with Crippen molar-refractivity contribution >= 4 is 19.0 Å². The van der Waals surface area contributed by atoms with Crippen LogP contribution in [0.5, 0.6) is 5.75 Å². The van der Waals surface area contributed by atoms with E-state index in [-0.39, 0.29) is 6.10 Å². The number of halogens is 1. The number of rotatable bonds is 4. The quantitative estimate of drug-likeness (QED) is 0.779. The van der Waals surface area contributed by atoms with Crippen molar-refractivity contribution in [3.05, 3.63) is 40.9 Å². The summed E-state index contributed by atoms with van der Waals surface area (Å²) in [5.41, 5.74) is 0.894. The Morgan fingerprint density at radius 1 is 1.37 bits per heavy atom. The van der Waals surface area contributed by atoms with Gasteiger partial charge in [-0.05, 0) is 31.6 Å². The lowest BCUT2D eigenvalue weighted by Crippen LogP contribution is -2.28.